The molecule has 1 aliphatic rings. The molecule has 24 heavy (non-hydrogen) atoms. The highest BCUT2D eigenvalue weighted by molar-refractivity contribution is 7.99. The second-order valence-electron chi connectivity index (χ2n) is 5.51. The third kappa shape index (κ3) is 3.53. The Labute approximate surface area is 151 Å². The van der Waals surface area contributed by atoms with Gasteiger partial charge in [0.15, 0.2) is 0 Å². The molecule has 3 rings (SSSR count). The lowest BCUT2D eigenvalue weighted by Crippen LogP contribution is -2.45. The number of carbonyl (C=O) groups is 1. The van der Waals surface area contributed by atoms with E-state index in [1.54, 1.807) is 11.8 Å². The Morgan fingerprint density at radius 2 is 1.83 bits per heavy atom. The summed E-state index contributed by atoms with van der Waals surface area (Å²) in [5.41, 5.74) is 4.96. The SMILES string of the molecule is CCN(CC)CC(=O)NN1c2ccccc2Sc2cc(Cl)ccc21. The van der Waals surface area contributed by atoms with Gasteiger partial charge >= 0.3 is 0 Å². The topological polar surface area (TPSA) is 35.6 Å². The summed E-state index contributed by atoms with van der Waals surface area (Å²) in [7, 11) is 0. The maximum atomic E-state index is 12.5. The first-order valence-corrected chi connectivity index (χ1v) is 9.20. The van der Waals surface area contributed by atoms with E-state index in [1.807, 2.05) is 47.5 Å². The van der Waals surface area contributed by atoms with Gasteiger partial charge in [0.05, 0.1) is 17.9 Å². The number of anilines is 2. The first-order valence-electron chi connectivity index (χ1n) is 8.00. The summed E-state index contributed by atoms with van der Waals surface area (Å²) in [5.74, 6) is -0.0266. The smallest absolute Gasteiger partial charge is 0.252 e. The molecule has 1 heterocycles. The molecule has 0 radical (unpaired) electrons. The summed E-state index contributed by atoms with van der Waals surface area (Å²) in [6.07, 6.45) is 0. The van der Waals surface area contributed by atoms with Crippen molar-refractivity contribution >= 4 is 40.6 Å². The summed E-state index contributed by atoms with van der Waals surface area (Å²) in [6.45, 7) is 6.19. The number of para-hydroxylation sites is 1. The molecule has 0 saturated heterocycles. The van der Waals surface area contributed by atoms with Crippen molar-refractivity contribution in [1.82, 2.24) is 10.3 Å². The van der Waals surface area contributed by atoms with E-state index in [0.717, 1.165) is 34.3 Å². The first kappa shape index (κ1) is 17.1. The molecule has 1 amide bonds. The van der Waals surface area contributed by atoms with Gasteiger partial charge in [0.2, 0.25) is 0 Å². The maximum absolute atomic E-state index is 12.5. The summed E-state index contributed by atoms with van der Waals surface area (Å²) in [4.78, 5) is 16.7. The second-order valence-corrected chi connectivity index (χ2v) is 7.03. The lowest BCUT2D eigenvalue weighted by molar-refractivity contribution is -0.122. The van der Waals surface area contributed by atoms with Crippen molar-refractivity contribution in [1.29, 1.82) is 0 Å². The molecule has 1 aliphatic heterocycles. The van der Waals surface area contributed by atoms with Crippen LogP contribution >= 0.6 is 23.4 Å². The monoisotopic (exact) mass is 361 g/mol. The van der Waals surface area contributed by atoms with E-state index in [2.05, 4.69) is 24.2 Å². The number of halogens is 1. The van der Waals surface area contributed by atoms with Crippen LogP contribution in [0, 0.1) is 0 Å². The molecule has 6 heteroatoms. The van der Waals surface area contributed by atoms with Crippen LogP contribution in [0.5, 0.6) is 0 Å². The minimum absolute atomic E-state index is 0.0266. The van der Waals surface area contributed by atoms with Crippen LogP contribution in [0.2, 0.25) is 5.02 Å². The highest BCUT2D eigenvalue weighted by atomic mass is 35.5. The van der Waals surface area contributed by atoms with Crippen molar-refractivity contribution in [3.63, 3.8) is 0 Å². The van der Waals surface area contributed by atoms with Gasteiger partial charge in [0.25, 0.3) is 5.91 Å². The highest BCUT2D eigenvalue weighted by Crippen LogP contribution is 2.47. The van der Waals surface area contributed by atoms with Gasteiger partial charge in [-0.25, -0.2) is 0 Å². The summed E-state index contributed by atoms with van der Waals surface area (Å²) in [5, 5.41) is 2.55. The molecule has 0 atom stereocenters. The molecule has 0 saturated carbocycles. The Balaban J connectivity index is 1.91. The zero-order chi connectivity index (χ0) is 17.1. The molecule has 0 aromatic heterocycles. The molecular weight excluding hydrogens is 342 g/mol. The van der Waals surface area contributed by atoms with Crippen LogP contribution < -0.4 is 10.4 Å². The van der Waals surface area contributed by atoms with Gasteiger partial charge in [0, 0.05) is 14.8 Å². The van der Waals surface area contributed by atoms with Crippen molar-refractivity contribution in [3.8, 4) is 0 Å². The van der Waals surface area contributed by atoms with Gasteiger partial charge in [-0.3, -0.25) is 20.1 Å². The van der Waals surface area contributed by atoms with Crippen molar-refractivity contribution in [2.45, 2.75) is 23.6 Å². The number of likely N-dealkylation sites (N-methyl/N-ethyl adjacent to an activating group) is 1. The predicted molar refractivity (Wildman–Crippen MR) is 100 cm³/mol. The van der Waals surface area contributed by atoms with E-state index < -0.39 is 0 Å². The van der Waals surface area contributed by atoms with Gasteiger partial charge in [-0.15, -0.1) is 0 Å². The second kappa shape index (κ2) is 7.47. The lowest BCUT2D eigenvalue weighted by atomic mass is 10.2. The molecule has 0 bridgehead atoms. The van der Waals surface area contributed by atoms with Crippen molar-refractivity contribution in [3.05, 3.63) is 47.5 Å². The Morgan fingerprint density at radius 3 is 2.58 bits per heavy atom. The third-order valence-corrected chi connectivity index (χ3v) is 5.33. The molecule has 4 nitrogen and oxygen atoms in total. The number of benzene rings is 2. The highest BCUT2D eigenvalue weighted by Gasteiger charge is 2.25. The number of nitrogens with zero attached hydrogens (tertiary/aromatic N) is 2. The largest absolute Gasteiger partial charge is 0.295 e. The van der Waals surface area contributed by atoms with E-state index in [9.17, 15) is 4.79 Å². The van der Waals surface area contributed by atoms with E-state index in [1.165, 1.54) is 0 Å². The number of amides is 1. The van der Waals surface area contributed by atoms with Crippen LogP contribution in [0.25, 0.3) is 0 Å². The van der Waals surface area contributed by atoms with Crippen LogP contribution in [0.4, 0.5) is 11.4 Å². The number of hydrogen-bond acceptors (Lipinski definition) is 4. The van der Waals surface area contributed by atoms with E-state index in [4.69, 9.17) is 11.6 Å². The van der Waals surface area contributed by atoms with Gasteiger partial charge < -0.3 is 0 Å². The molecule has 0 unspecified atom stereocenters. The average molecular weight is 362 g/mol. The third-order valence-electron chi connectivity index (χ3n) is 3.99. The van der Waals surface area contributed by atoms with Gasteiger partial charge in [-0.05, 0) is 43.4 Å². The number of carbonyl (C=O) groups excluding carboxylic acids is 1. The van der Waals surface area contributed by atoms with E-state index in [-0.39, 0.29) is 5.91 Å². The molecule has 2 aromatic rings. The number of hydrogen-bond donors (Lipinski definition) is 1. The van der Waals surface area contributed by atoms with Gasteiger partial charge in [-0.2, -0.15) is 0 Å². The summed E-state index contributed by atoms with van der Waals surface area (Å²) < 4.78 is 0. The zero-order valence-electron chi connectivity index (χ0n) is 13.8. The van der Waals surface area contributed by atoms with E-state index >= 15 is 0 Å². The standard InChI is InChI=1S/C18H20ClN3OS/c1-3-21(4-2)12-18(23)20-22-14-7-5-6-8-16(14)24-17-11-13(19)9-10-15(17)22/h5-11H,3-4,12H2,1-2H3,(H,20,23). The van der Waals surface area contributed by atoms with Crippen LogP contribution in [-0.4, -0.2) is 30.4 Å². The Kier molecular flexibility index (Phi) is 5.33. The Bertz CT molecular complexity index is 749. The van der Waals surface area contributed by atoms with Crippen LogP contribution in [0.1, 0.15) is 13.8 Å². The number of fused-ring (bicyclic) bond motifs is 2. The molecule has 0 spiro atoms. The summed E-state index contributed by atoms with van der Waals surface area (Å²) in [6, 6.07) is 13.8. The molecule has 1 N–H and O–H groups in total. The fraction of sp³-hybridized carbons (Fsp3) is 0.278. The molecule has 0 aliphatic carbocycles. The van der Waals surface area contributed by atoms with Crippen molar-refractivity contribution < 1.29 is 4.79 Å². The number of rotatable bonds is 5. The zero-order valence-corrected chi connectivity index (χ0v) is 15.3. The number of nitrogens with one attached hydrogen (secondary N) is 1. The molecular formula is C18H20ClN3OS. The quantitative estimate of drug-likeness (QED) is 0.860. The predicted octanol–water partition coefficient (Wildman–Crippen LogP) is 4.32. The van der Waals surface area contributed by atoms with Gasteiger partial charge in [0.1, 0.15) is 0 Å². The first-order chi connectivity index (χ1) is 11.6. The van der Waals surface area contributed by atoms with Crippen LogP contribution in [0.15, 0.2) is 52.3 Å². The number of hydrazine groups is 1. The minimum atomic E-state index is -0.0266. The lowest BCUT2D eigenvalue weighted by Gasteiger charge is -2.33. The Hall–Kier alpha value is -1.69. The minimum Gasteiger partial charge on any atom is -0.295 e. The van der Waals surface area contributed by atoms with Crippen LogP contribution in [0.3, 0.4) is 0 Å². The van der Waals surface area contributed by atoms with Gasteiger partial charge in [-0.1, -0.05) is 49.3 Å². The normalized spacial score (nSPS) is 12.8. The van der Waals surface area contributed by atoms with Crippen molar-refractivity contribution in [2.24, 2.45) is 0 Å². The average Bonchev–Trinajstić information content (AvgIpc) is 2.59. The fourth-order valence-corrected chi connectivity index (χ4v) is 4.00. The molecule has 0 fully saturated rings. The maximum Gasteiger partial charge on any atom is 0.252 e. The summed E-state index contributed by atoms with van der Waals surface area (Å²) >= 11 is 7.80. The molecule has 2 aromatic carbocycles. The Morgan fingerprint density at radius 1 is 1.12 bits per heavy atom. The van der Waals surface area contributed by atoms with Crippen molar-refractivity contribution in [2.75, 3.05) is 24.6 Å². The fourth-order valence-electron chi connectivity index (χ4n) is 2.66. The van der Waals surface area contributed by atoms with E-state index in [0.29, 0.717) is 11.6 Å². The molecule has 126 valence electrons. The van der Waals surface area contributed by atoms with Crippen LogP contribution in [-0.2, 0) is 4.79 Å².